The summed E-state index contributed by atoms with van der Waals surface area (Å²) >= 11 is 3.65. The Kier molecular flexibility index (Phi) is 9.24. The van der Waals surface area contributed by atoms with Crippen LogP contribution in [-0.4, -0.2) is 54.7 Å². The van der Waals surface area contributed by atoms with Crippen molar-refractivity contribution in [2.45, 2.75) is 31.0 Å². The molecule has 3 aromatic rings. The first-order valence-corrected chi connectivity index (χ1v) is 13.3. The first-order chi connectivity index (χ1) is 18.9. The van der Waals surface area contributed by atoms with E-state index in [1.165, 1.54) is 4.90 Å². The number of rotatable bonds is 11. The predicted octanol–water partition coefficient (Wildman–Crippen LogP) is 5.61. The number of azide groups is 1. The standard InChI is InChI=1S/C29H30BrN5O4/c1-35(2)28(37)29(18-21-8-3-4-9-22(21)19-32-34-31)26(24-10-5-6-11-25(24)30)39-27(33-29)20-12-14-23(15-13-20)38-17-7-16-36/h3-6,8-15,26,36H,7,16-19H2,1-2H3/t26-,29-/m1/s1. The lowest BCUT2D eigenvalue weighted by atomic mass is 9.80. The molecule has 9 nitrogen and oxygen atoms in total. The van der Waals surface area contributed by atoms with E-state index < -0.39 is 11.6 Å². The van der Waals surface area contributed by atoms with Crippen molar-refractivity contribution in [2.24, 2.45) is 10.1 Å². The molecular formula is C29H30BrN5O4. The average molecular weight is 592 g/mol. The fourth-order valence-electron chi connectivity index (χ4n) is 4.60. The van der Waals surface area contributed by atoms with Gasteiger partial charge < -0.3 is 19.5 Å². The Bertz CT molecular complexity index is 1390. The number of carbonyl (C=O) groups is 1. The van der Waals surface area contributed by atoms with Gasteiger partial charge in [0.2, 0.25) is 5.90 Å². The largest absolute Gasteiger partial charge is 0.494 e. The quantitative estimate of drug-likeness (QED) is 0.135. The topological polar surface area (TPSA) is 120 Å². The van der Waals surface area contributed by atoms with Crippen LogP contribution < -0.4 is 4.74 Å². The minimum Gasteiger partial charge on any atom is -0.494 e. The van der Waals surface area contributed by atoms with Crippen molar-refractivity contribution in [1.29, 1.82) is 0 Å². The lowest BCUT2D eigenvalue weighted by Gasteiger charge is -2.33. The van der Waals surface area contributed by atoms with Gasteiger partial charge in [0.05, 0.1) is 13.2 Å². The second-order valence-corrected chi connectivity index (χ2v) is 10.2. The van der Waals surface area contributed by atoms with Gasteiger partial charge in [-0.1, -0.05) is 63.5 Å². The SMILES string of the molecule is CN(C)C(=O)[C@]1(Cc2ccccc2CN=[N+]=[N-])N=C(c2ccc(OCCCO)cc2)O[C@@H]1c1ccccc1Br. The predicted molar refractivity (Wildman–Crippen MR) is 153 cm³/mol. The maximum atomic E-state index is 14.1. The average Bonchev–Trinajstić information content (AvgIpc) is 3.32. The molecule has 1 aliphatic heterocycles. The van der Waals surface area contributed by atoms with Gasteiger partial charge in [-0.25, -0.2) is 4.99 Å². The Labute approximate surface area is 235 Å². The van der Waals surface area contributed by atoms with E-state index in [4.69, 9.17) is 25.1 Å². The monoisotopic (exact) mass is 591 g/mol. The Hall–Kier alpha value is -3.85. The van der Waals surface area contributed by atoms with E-state index in [2.05, 4.69) is 26.0 Å². The number of aliphatic hydroxyl groups excluding tert-OH is 1. The summed E-state index contributed by atoms with van der Waals surface area (Å²) in [4.78, 5) is 23.6. The van der Waals surface area contributed by atoms with E-state index in [0.29, 0.717) is 30.2 Å². The molecule has 1 aliphatic rings. The lowest BCUT2D eigenvalue weighted by molar-refractivity contribution is -0.137. The number of hydrogen-bond acceptors (Lipinski definition) is 6. The maximum absolute atomic E-state index is 14.1. The van der Waals surface area contributed by atoms with Gasteiger partial charge in [0.25, 0.3) is 5.91 Å². The summed E-state index contributed by atoms with van der Waals surface area (Å²) in [6, 6.07) is 22.6. The van der Waals surface area contributed by atoms with Crippen molar-refractivity contribution >= 4 is 27.7 Å². The van der Waals surface area contributed by atoms with Crippen LogP contribution in [0.2, 0.25) is 0 Å². The Morgan fingerprint density at radius 3 is 2.49 bits per heavy atom. The van der Waals surface area contributed by atoms with Crippen molar-refractivity contribution in [1.82, 2.24) is 4.90 Å². The summed E-state index contributed by atoms with van der Waals surface area (Å²) in [6.45, 7) is 0.633. The summed E-state index contributed by atoms with van der Waals surface area (Å²) in [5.41, 5.74) is 10.7. The van der Waals surface area contributed by atoms with Crippen LogP contribution in [0.5, 0.6) is 5.75 Å². The number of halogens is 1. The molecule has 0 bridgehead atoms. The Morgan fingerprint density at radius 2 is 1.82 bits per heavy atom. The van der Waals surface area contributed by atoms with Gasteiger partial charge in [0.1, 0.15) is 5.75 Å². The minimum atomic E-state index is -1.33. The summed E-state index contributed by atoms with van der Waals surface area (Å²) in [6.07, 6.45) is 0.0477. The zero-order chi connectivity index (χ0) is 27.8. The van der Waals surface area contributed by atoms with Crippen LogP contribution >= 0.6 is 15.9 Å². The van der Waals surface area contributed by atoms with Crippen molar-refractivity contribution < 1.29 is 19.4 Å². The molecule has 202 valence electrons. The van der Waals surface area contributed by atoms with Crippen LogP contribution in [0.15, 0.2) is 87.4 Å². The normalized spacial score (nSPS) is 18.1. The lowest BCUT2D eigenvalue weighted by Crippen LogP contribution is -2.49. The molecule has 0 radical (unpaired) electrons. The van der Waals surface area contributed by atoms with Gasteiger partial charge in [0.15, 0.2) is 11.6 Å². The van der Waals surface area contributed by atoms with E-state index in [9.17, 15) is 4.79 Å². The van der Waals surface area contributed by atoms with Crippen molar-refractivity contribution in [2.75, 3.05) is 27.3 Å². The van der Waals surface area contributed by atoms with Gasteiger partial charge in [0, 0.05) is 54.1 Å². The molecular weight excluding hydrogens is 562 g/mol. The molecule has 2 atom stereocenters. The second-order valence-electron chi connectivity index (χ2n) is 9.34. The fourth-order valence-corrected chi connectivity index (χ4v) is 5.09. The third-order valence-electron chi connectivity index (χ3n) is 6.48. The van der Waals surface area contributed by atoms with Gasteiger partial charge in [-0.05, 0) is 47.0 Å². The van der Waals surface area contributed by atoms with Crippen molar-refractivity contribution in [3.05, 3.63) is 110 Å². The third kappa shape index (κ3) is 6.25. The Morgan fingerprint density at radius 1 is 1.13 bits per heavy atom. The van der Waals surface area contributed by atoms with Crippen molar-refractivity contribution in [3.63, 3.8) is 0 Å². The van der Waals surface area contributed by atoms with Crippen LogP contribution in [-0.2, 0) is 22.5 Å². The van der Waals surface area contributed by atoms with E-state index in [-0.39, 0.29) is 25.5 Å². The number of likely N-dealkylation sites (N-methyl/N-ethyl adjacent to an activating group) is 1. The highest BCUT2D eigenvalue weighted by Gasteiger charge is 2.54. The van der Waals surface area contributed by atoms with Crippen LogP contribution in [0.1, 0.15) is 34.8 Å². The van der Waals surface area contributed by atoms with Crippen molar-refractivity contribution in [3.8, 4) is 5.75 Å². The number of carbonyl (C=O) groups excluding carboxylic acids is 1. The number of nitrogens with zero attached hydrogens (tertiary/aromatic N) is 5. The molecule has 0 fully saturated rings. The zero-order valence-electron chi connectivity index (χ0n) is 21.8. The highest BCUT2D eigenvalue weighted by Crippen LogP contribution is 2.45. The second kappa shape index (κ2) is 12.8. The van der Waals surface area contributed by atoms with Gasteiger partial charge >= 0.3 is 0 Å². The number of benzene rings is 3. The van der Waals surface area contributed by atoms with E-state index >= 15 is 0 Å². The smallest absolute Gasteiger partial charge is 0.254 e. The molecule has 0 aliphatic carbocycles. The van der Waals surface area contributed by atoms with Gasteiger partial charge in [-0.2, -0.15) is 0 Å². The first-order valence-electron chi connectivity index (χ1n) is 12.5. The van der Waals surface area contributed by atoms with Crippen LogP contribution in [0.25, 0.3) is 10.4 Å². The van der Waals surface area contributed by atoms with Gasteiger partial charge in [-0.15, -0.1) is 0 Å². The molecule has 0 spiro atoms. The highest BCUT2D eigenvalue weighted by molar-refractivity contribution is 9.10. The van der Waals surface area contributed by atoms with Crippen LogP contribution in [0, 0.1) is 0 Å². The van der Waals surface area contributed by atoms with Gasteiger partial charge in [-0.3, -0.25) is 4.79 Å². The van der Waals surface area contributed by atoms with Crippen LogP contribution in [0.4, 0.5) is 0 Å². The molecule has 0 saturated carbocycles. The number of amides is 1. The summed E-state index contributed by atoms with van der Waals surface area (Å²) in [5, 5.41) is 12.8. The zero-order valence-corrected chi connectivity index (χ0v) is 23.4. The summed E-state index contributed by atoms with van der Waals surface area (Å²) < 4.78 is 13.0. The molecule has 1 N–H and O–H groups in total. The van der Waals surface area contributed by atoms with E-state index in [0.717, 1.165) is 21.2 Å². The molecule has 3 aromatic carbocycles. The Balaban J connectivity index is 1.83. The summed E-state index contributed by atoms with van der Waals surface area (Å²) in [7, 11) is 3.41. The van der Waals surface area contributed by atoms with E-state index in [1.807, 2.05) is 72.8 Å². The van der Waals surface area contributed by atoms with Crippen LogP contribution in [0.3, 0.4) is 0 Å². The minimum absolute atomic E-state index is 0.0626. The maximum Gasteiger partial charge on any atom is 0.254 e. The molecule has 0 aromatic heterocycles. The number of aliphatic imine (C=N–C) groups is 1. The van der Waals surface area contributed by atoms with E-state index in [1.54, 1.807) is 14.1 Å². The number of ether oxygens (including phenoxy) is 2. The molecule has 4 rings (SSSR count). The first kappa shape index (κ1) is 28.2. The number of aliphatic hydroxyl groups is 1. The fraction of sp³-hybridized carbons (Fsp3) is 0.310. The molecule has 1 amide bonds. The molecule has 39 heavy (non-hydrogen) atoms. The number of hydrogen-bond donors (Lipinski definition) is 1. The summed E-state index contributed by atoms with van der Waals surface area (Å²) in [5.74, 6) is 0.803. The highest BCUT2D eigenvalue weighted by atomic mass is 79.9. The molecule has 0 unspecified atom stereocenters. The molecule has 0 saturated heterocycles. The molecule has 1 heterocycles. The third-order valence-corrected chi connectivity index (χ3v) is 7.21. The molecule has 10 heteroatoms.